The molecule has 1 unspecified atom stereocenters. The van der Waals surface area contributed by atoms with E-state index in [1.165, 1.54) is 11.3 Å². The summed E-state index contributed by atoms with van der Waals surface area (Å²) < 4.78 is 1.07. The molecule has 4 heteroatoms. The first kappa shape index (κ1) is 13.9. The van der Waals surface area contributed by atoms with Gasteiger partial charge in [0, 0.05) is 23.2 Å². The second-order valence-corrected chi connectivity index (χ2v) is 6.07. The van der Waals surface area contributed by atoms with E-state index in [-0.39, 0.29) is 11.9 Å². The van der Waals surface area contributed by atoms with Crippen LogP contribution in [0.1, 0.15) is 35.5 Å². The standard InChI is InChI=1S/C15H20N2OS/c1-5-10(3)17(4)15(18)14-13(16)11-8-9(2)6-7-12(11)19-14/h6-8,10H,5,16H2,1-4H3. The van der Waals surface area contributed by atoms with Crippen molar-refractivity contribution < 1.29 is 4.79 Å². The van der Waals surface area contributed by atoms with E-state index < -0.39 is 0 Å². The van der Waals surface area contributed by atoms with Gasteiger partial charge in [0.1, 0.15) is 4.88 Å². The second-order valence-electron chi connectivity index (χ2n) is 5.02. The Kier molecular flexibility index (Phi) is 3.80. The van der Waals surface area contributed by atoms with Gasteiger partial charge in [-0.05, 0) is 32.4 Å². The van der Waals surface area contributed by atoms with Crippen LogP contribution in [0.25, 0.3) is 10.1 Å². The third kappa shape index (κ3) is 2.45. The number of fused-ring (bicyclic) bond motifs is 1. The van der Waals surface area contributed by atoms with E-state index in [4.69, 9.17) is 5.73 Å². The summed E-state index contributed by atoms with van der Waals surface area (Å²) in [5.41, 5.74) is 7.92. The number of nitrogens with zero attached hydrogens (tertiary/aromatic N) is 1. The van der Waals surface area contributed by atoms with Crippen LogP contribution in [0.4, 0.5) is 5.69 Å². The molecule has 2 N–H and O–H groups in total. The van der Waals surface area contributed by atoms with Gasteiger partial charge in [-0.25, -0.2) is 0 Å². The summed E-state index contributed by atoms with van der Waals surface area (Å²) >= 11 is 1.48. The van der Waals surface area contributed by atoms with Gasteiger partial charge in [0.05, 0.1) is 5.69 Å². The highest BCUT2D eigenvalue weighted by atomic mass is 32.1. The van der Waals surface area contributed by atoms with E-state index in [1.54, 1.807) is 4.90 Å². The van der Waals surface area contributed by atoms with E-state index in [1.807, 2.05) is 39.1 Å². The molecule has 0 aliphatic carbocycles. The van der Waals surface area contributed by atoms with Crippen molar-refractivity contribution in [1.82, 2.24) is 4.90 Å². The third-order valence-electron chi connectivity index (χ3n) is 3.65. The van der Waals surface area contributed by atoms with Gasteiger partial charge in [-0.3, -0.25) is 4.79 Å². The monoisotopic (exact) mass is 276 g/mol. The normalized spacial score (nSPS) is 12.6. The lowest BCUT2D eigenvalue weighted by molar-refractivity contribution is 0.0746. The Bertz CT molecular complexity index is 618. The fraction of sp³-hybridized carbons (Fsp3) is 0.400. The van der Waals surface area contributed by atoms with Crippen molar-refractivity contribution >= 4 is 33.0 Å². The molecule has 0 radical (unpaired) electrons. The smallest absolute Gasteiger partial charge is 0.266 e. The van der Waals surface area contributed by atoms with E-state index in [2.05, 4.69) is 6.92 Å². The average molecular weight is 276 g/mol. The molecule has 2 rings (SSSR count). The van der Waals surface area contributed by atoms with Crippen LogP contribution in [-0.4, -0.2) is 23.9 Å². The highest BCUT2D eigenvalue weighted by molar-refractivity contribution is 7.21. The summed E-state index contributed by atoms with van der Waals surface area (Å²) in [5.74, 6) is 0.0192. The lowest BCUT2D eigenvalue weighted by Crippen LogP contribution is -2.34. The summed E-state index contributed by atoms with van der Waals surface area (Å²) in [4.78, 5) is 14.9. The lowest BCUT2D eigenvalue weighted by atomic mass is 10.1. The van der Waals surface area contributed by atoms with E-state index in [9.17, 15) is 4.79 Å². The van der Waals surface area contributed by atoms with Gasteiger partial charge in [-0.1, -0.05) is 18.6 Å². The molecule has 1 aromatic heterocycles. The Morgan fingerprint density at radius 1 is 1.47 bits per heavy atom. The zero-order chi connectivity index (χ0) is 14.2. The molecule has 0 aliphatic rings. The Morgan fingerprint density at radius 2 is 2.16 bits per heavy atom. The van der Waals surface area contributed by atoms with Crippen LogP contribution in [0.2, 0.25) is 0 Å². The average Bonchev–Trinajstić information content (AvgIpc) is 2.73. The number of aryl methyl sites for hydroxylation is 1. The summed E-state index contributed by atoms with van der Waals surface area (Å²) in [5, 5.41) is 0.992. The molecule has 0 saturated carbocycles. The predicted molar refractivity (Wildman–Crippen MR) is 82.8 cm³/mol. The lowest BCUT2D eigenvalue weighted by Gasteiger charge is -2.23. The van der Waals surface area contributed by atoms with Crippen LogP contribution in [0.3, 0.4) is 0 Å². The van der Waals surface area contributed by atoms with Crippen molar-refractivity contribution in [2.75, 3.05) is 12.8 Å². The molecule has 0 saturated heterocycles. The van der Waals surface area contributed by atoms with Gasteiger partial charge in [0.2, 0.25) is 0 Å². The fourth-order valence-electron chi connectivity index (χ4n) is 2.02. The minimum atomic E-state index is 0.0192. The highest BCUT2D eigenvalue weighted by Gasteiger charge is 2.22. The molecule has 1 amide bonds. The molecule has 102 valence electrons. The molecule has 0 bridgehead atoms. The van der Waals surface area contributed by atoms with E-state index in [0.717, 1.165) is 22.1 Å². The number of benzene rings is 1. The topological polar surface area (TPSA) is 46.3 Å². The summed E-state index contributed by atoms with van der Waals surface area (Å²) in [6.07, 6.45) is 0.937. The molecule has 1 aromatic carbocycles. The van der Waals surface area contributed by atoms with Crippen molar-refractivity contribution in [2.45, 2.75) is 33.2 Å². The first-order valence-electron chi connectivity index (χ1n) is 6.51. The van der Waals surface area contributed by atoms with Crippen LogP contribution in [0, 0.1) is 6.92 Å². The van der Waals surface area contributed by atoms with Gasteiger partial charge in [-0.2, -0.15) is 0 Å². The Labute approximate surface area is 118 Å². The van der Waals surface area contributed by atoms with E-state index in [0.29, 0.717) is 10.6 Å². The molecular formula is C15H20N2OS. The Hall–Kier alpha value is -1.55. The molecule has 0 spiro atoms. The number of thiophene rings is 1. The number of hydrogen-bond donors (Lipinski definition) is 1. The minimum absolute atomic E-state index is 0.0192. The zero-order valence-corrected chi connectivity index (χ0v) is 12.7. The van der Waals surface area contributed by atoms with Crippen molar-refractivity contribution in [2.24, 2.45) is 0 Å². The largest absolute Gasteiger partial charge is 0.397 e. The van der Waals surface area contributed by atoms with Crippen LogP contribution in [-0.2, 0) is 0 Å². The van der Waals surface area contributed by atoms with Crippen LogP contribution >= 0.6 is 11.3 Å². The predicted octanol–water partition coefficient (Wildman–Crippen LogP) is 3.66. The first-order chi connectivity index (χ1) is 8.95. The number of hydrogen-bond acceptors (Lipinski definition) is 3. The van der Waals surface area contributed by atoms with Crippen LogP contribution in [0.5, 0.6) is 0 Å². The van der Waals surface area contributed by atoms with Crippen molar-refractivity contribution in [3.63, 3.8) is 0 Å². The van der Waals surface area contributed by atoms with Crippen LogP contribution < -0.4 is 5.73 Å². The first-order valence-corrected chi connectivity index (χ1v) is 7.33. The van der Waals surface area contributed by atoms with Gasteiger partial charge >= 0.3 is 0 Å². The van der Waals surface area contributed by atoms with Gasteiger partial charge in [-0.15, -0.1) is 11.3 Å². The zero-order valence-electron chi connectivity index (χ0n) is 11.9. The molecule has 0 fully saturated rings. The number of rotatable bonds is 3. The Balaban J connectivity index is 2.46. The van der Waals surface area contributed by atoms with Gasteiger partial charge in [0.25, 0.3) is 5.91 Å². The van der Waals surface area contributed by atoms with Crippen molar-refractivity contribution in [1.29, 1.82) is 0 Å². The quantitative estimate of drug-likeness (QED) is 0.930. The molecule has 2 aromatic rings. The number of amides is 1. The highest BCUT2D eigenvalue weighted by Crippen LogP contribution is 2.35. The van der Waals surface area contributed by atoms with E-state index >= 15 is 0 Å². The molecule has 0 aliphatic heterocycles. The number of nitrogen functional groups attached to an aromatic ring is 1. The summed E-state index contributed by atoms with van der Waals surface area (Å²) in [6, 6.07) is 6.34. The molecule has 3 nitrogen and oxygen atoms in total. The third-order valence-corrected chi connectivity index (χ3v) is 4.82. The second kappa shape index (κ2) is 5.21. The number of carbonyl (C=O) groups excluding carboxylic acids is 1. The summed E-state index contributed by atoms with van der Waals surface area (Å²) in [6.45, 7) is 6.15. The molecule has 1 atom stereocenters. The van der Waals surface area contributed by atoms with Crippen LogP contribution in [0.15, 0.2) is 18.2 Å². The fourth-order valence-corrected chi connectivity index (χ4v) is 3.11. The number of anilines is 1. The SMILES string of the molecule is CCC(C)N(C)C(=O)c1sc2ccc(C)cc2c1N. The number of nitrogens with two attached hydrogens (primary N) is 1. The molecule has 19 heavy (non-hydrogen) atoms. The van der Waals surface area contributed by atoms with Crippen molar-refractivity contribution in [3.05, 3.63) is 28.6 Å². The maximum Gasteiger partial charge on any atom is 0.266 e. The minimum Gasteiger partial charge on any atom is -0.397 e. The number of carbonyl (C=O) groups is 1. The molecular weight excluding hydrogens is 256 g/mol. The maximum atomic E-state index is 12.5. The van der Waals surface area contributed by atoms with Crippen molar-refractivity contribution in [3.8, 4) is 0 Å². The van der Waals surface area contributed by atoms with Gasteiger partial charge in [0.15, 0.2) is 0 Å². The summed E-state index contributed by atoms with van der Waals surface area (Å²) in [7, 11) is 1.84. The Morgan fingerprint density at radius 3 is 2.79 bits per heavy atom. The molecule has 1 heterocycles. The maximum absolute atomic E-state index is 12.5. The van der Waals surface area contributed by atoms with Gasteiger partial charge < -0.3 is 10.6 Å².